The second-order valence-electron chi connectivity index (χ2n) is 6.64. The summed E-state index contributed by atoms with van der Waals surface area (Å²) in [6.45, 7) is 7.04. The van der Waals surface area contributed by atoms with E-state index in [9.17, 15) is 4.79 Å². The van der Waals surface area contributed by atoms with Gasteiger partial charge in [-0.2, -0.15) is 0 Å². The Morgan fingerprint density at radius 2 is 1.92 bits per heavy atom. The van der Waals surface area contributed by atoms with Crippen molar-refractivity contribution in [2.24, 2.45) is 5.92 Å². The van der Waals surface area contributed by atoms with Gasteiger partial charge in [0, 0.05) is 37.7 Å². The smallest absolute Gasteiger partial charge is 0.260 e. The van der Waals surface area contributed by atoms with E-state index in [1.54, 1.807) is 24.3 Å². The summed E-state index contributed by atoms with van der Waals surface area (Å²) in [7, 11) is 0. The maximum Gasteiger partial charge on any atom is 0.260 e. The van der Waals surface area contributed by atoms with Gasteiger partial charge >= 0.3 is 0 Å². The van der Waals surface area contributed by atoms with E-state index >= 15 is 0 Å². The number of halogens is 2. The second-order valence-corrected chi connectivity index (χ2v) is 7.07. The van der Waals surface area contributed by atoms with Crippen LogP contribution in [0.1, 0.15) is 12.8 Å². The molecule has 3 rings (SSSR count). The molecule has 0 aromatic heterocycles. The first kappa shape index (κ1) is 20.3. The van der Waals surface area contributed by atoms with Crippen molar-refractivity contribution in [3.63, 3.8) is 0 Å². The minimum atomic E-state index is 0. The lowest BCUT2D eigenvalue weighted by atomic mass is 9.99. The van der Waals surface area contributed by atoms with E-state index in [-0.39, 0.29) is 24.9 Å². The predicted octanol–water partition coefficient (Wildman–Crippen LogP) is 2.28. The molecule has 0 spiro atoms. The Balaban J connectivity index is 0.00000225. The van der Waals surface area contributed by atoms with Gasteiger partial charge < -0.3 is 15.0 Å². The second kappa shape index (κ2) is 10.2. The minimum Gasteiger partial charge on any atom is -0.484 e. The topological polar surface area (TPSA) is 44.8 Å². The molecular weight excluding hydrogens is 361 g/mol. The molecule has 140 valence electrons. The number of benzene rings is 1. The average Bonchev–Trinajstić information content (AvgIpc) is 2.62. The van der Waals surface area contributed by atoms with Crippen LogP contribution in [-0.4, -0.2) is 68.1 Å². The summed E-state index contributed by atoms with van der Waals surface area (Å²) in [5.74, 6) is 1.49. The molecule has 7 heteroatoms. The van der Waals surface area contributed by atoms with Crippen LogP contribution in [0, 0.1) is 5.92 Å². The molecule has 1 N–H and O–H groups in total. The summed E-state index contributed by atoms with van der Waals surface area (Å²) >= 11 is 5.84. The third-order valence-electron chi connectivity index (χ3n) is 4.82. The summed E-state index contributed by atoms with van der Waals surface area (Å²) in [6, 6.07) is 7.10. The lowest BCUT2D eigenvalue weighted by Gasteiger charge is -2.37. The summed E-state index contributed by atoms with van der Waals surface area (Å²) < 4.78 is 5.55. The first-order chi connectivity index (χ1) is 11.7. The van der Waals surface area contributed by atoms with Gasteiger partial charge in [0.1, 0.15) is 5.75 Å². The molecule has 25 heavy (non-hydrogen) atoms. The maximum absolute atomic E-state index is 12.3. The van der Waals surface area contributed by atoms with Gasteiger partial charge in [0.15, 0.2) is 6.61 Å². The van der Waals surface area contributed by atoms with Crippen LogP contribution >= 0.6 is 24.0 Å². The molecule has 1 aromatic rings. The van der Waals surface area contributed by atoms with Crippen LogP contribution in [0.15, 0.2) is 24.3 Å². The third kappa shape index (κ3) is 6.33. The SMILES string of the molecule is Cl.O=C(COc1ccc(Cl)cc1)N1CCN(CC2CCCNC2)CC1. The highest BCUT2D eigenvalue weighted by atomic mass is 35.5. The molecule has 0 saturated carbocycles. The van der Waals surface area contributed by atoms with E-state index in [4.69, 9.17) is 16.3 Å². The molecule has 1 aromatic carbocycles. The molecule has 2 aliphatic heterocycles. The zero-order chi connectivity index (χ0) is 16.8. The Kier molecular flexibility index (Phi) is 8.30. The number of carbonyl (C=O) groups excluding carboxylic acids is 1. The number of hydrogen-bond donors (Lipinski definition) is 1. The van der Waals surface area contributed by atoms with Gasteiger partial charge in [-0.05, 0) is 56.1 Å². The maximum atomic E-state index is 12.3. The molecule has 1 amide bonds. The molecule has 1 unspecified atom stereocenters. The fraction of sp³-hybridized carbons (Fsp3) is 0.611. The van der Waals surface area contributed by atoms with Crippen molar-refractivity contribution in [1.29, 1.82) is 0 Å². The Hall–Kier alpha value is -1.01. The zero-order valence-electron chi connectivity index (χ0n) is 14.5. The molecule has 0 bridgehead atoms. The largest absolute Gasteiger partial charge is 0.484 e. The fourth-order valence-corrected chi connectivity index (χ4v) is 3.52. The van der Waals surface area contributed by atoms with E-state index in [1.807, 2.05) is 4.90 Å². The number of ether oxygens (including phenoxy) is 1. The van der Waals surface area contributed by atoms with E-state index < -0.39 is 0 Å². The number of amides is 1. The lowest BCUT2D eigenvalue weighted by Crippen LogP contribution is -2.51. The van der Waals surface area contributed by atoms with Crippen LogP contribution in [0.2, 0.25) is 5.02 Å². The van der Waals surface area contributed by atoms with Crippen LogP contribution < -0.4 is 10.1 Å². The summed E-state index contributed by atoms with van der Waals surface area (Å²) in [5.41, 5.74) is 0. The molecular formula is C18H27Cl2N3O2. The van der Waals surface area contributed by atoms with Crippen molar-refractivity contribution in [2.75, 3.05) is 52.4 Å². The van der Waals surface area contributed by atoms with Gasteiger partial charge in [0.25, 0.3) is 5.91 Å². The van der Waals surface area contributed by atoms with Gasteiger partial charge in [-0.3, -0.25) is 9.69 Å². The normalized spacial score (nSPS) is 21.5. The highest BCUT2D eigenvalue weighted by Gasteiger charge is 2.24. The number of nitrogens with zero attached hydrogens (tertiary/aromatic N) is 2. The highest BCUT2D eigenvalue weighted by molar-refractivity contribution is 6.30. The Labute approximate surface area is 161 Å². The van der Waals surface area contributed by atoms with Crippen molar-refractivity contribution < 1.29 is 9.53 Å². The molecule has 0 aliphatic carbocycles. The number of hydrogen-bond acceptors (Lipinski definition) is 4. The van der Waals surface area contributed by atoms with Gasteiger partial charge in [0.05, 0.1) is 0 Å². The summed E-state index contributed by atoms with van der Waals surface area (Å²) in [4.78, 5) is 16.7. The van der Waals surface area contributed by atoms with Gasteiger partial charge in [0.2, 0.25) is 0 Å². The third-order valence-corrected chi connectivity index (χ3v) is 5.07. The van der Waals surface area contributed by atoms with Crippen molar-refractivity contribution in [3.8, 4) is 5.75 Å². The molecule has 2 fully saturated rings. The quantitative estimate of drug-likeness (QED) is 0.841. The zero-order valence-corrected chi connectivity index (χ0v) is 16.0. The predicted molar refractivity (Wildman–Crippen MR) is 103 cm³/mol. The minimum absolute atomic E-state index is 0. The Bertz CT molecular complexity index is 528. The molecule has 0 radical (unpaired) electrons. The van der Waals surface area contributed by atoms with Crippen LogP contribution in [0.25, 0.3) is 0 Å². The number of carbonyl (C=O) groups is 1. The standard InChI is InChI=1S/C18H26ClN3O2.ClH/c19-16-3-5-17(6-4-16)24-14-18(23)22-10-8-21(9-11-22)13-15-2-1-7-20-12-15;/h3-6,15,20H,1-2,7-14H2;1H. The summed E-state index contributed by atoms with van der Waals surface area (Å²) in [5, 5.41) is 4.14. The number of piperazine rings is 1. The van der Waals surface area contributed by atoms with E-state index in [0.29, 0.717) is 10.8 Å². The molecule has 5 nitrogen and oxygen atoms in total. The Morgan fingerprint density at radius 3 is 2.56 bits per heavy atom. The fourth-order valence-electron chi connectivity index (χ4n) is 3.39. The van der Waals surface area contributed by atoms with Crippen LogP contribution in [0.4, 0.5) is 0 Å². The molecule has 2 saturated heterocycles. The number of nitrogens with one attached hydrogen (secondary N) is 1. The van der Waals surface area contributed by atoms with Crippen LogP contribution in [0.3, 0.4) is 0 Å². The monoisotopic (exact) mass is 387 g/mol. The van der Waals surface area contributed by atoms with Crippen LogP contribution in [0.5, 0.6) is 5.75 Å². The van der Waals surface area contributed by atoms with Crippen molar-refractivity contribution >= 4 is 29.9 Å². The first-order valence-electron chi connectivity index (χ1n) is 8.80. The lowest BCUT2D eigenvalue weighted by molar-refractivity contribution is -0.135. The Morgan fingerprint density at radius 1 is 1.20 bits per heavy atom. The molecule has 2 aliphatic rings. The number of piperidine rings is 1. The summed E-state index contributed by atoms with van der Waals surface area (Å²) in [6.07, 6.45) is 2.60. The van der Waals surface area contributed by atoms with Crippen LogP contribution in [-0.2, 0) is 4.79 Å². The van der Waals surface area contributed by atoms with Crippen molar-refractivity contribution in [3.05, 3.63) is 29.3 Å². The van der Waals surface area contributed by atoms with E-state index in [0.717, 1.165) is 51.7 Å². The van der Waals surface area contributed by atoms with Gasteiger partial charge in [-0.15, -0.1) is 12.4 Å². The average molecular weight is 388 g/mol. The van der Waals surface area contributed by atoms with Gasteiger partial charge in [-0.1, -0.05) is 11.6 Å². The molecule has 2 heterocycles. The highest BCUT2D eigenvalue weighted by Crippen LogP contribution is 2.16. The molecule has 1 atom stereocenters. The van der Waals surface area contributed by atoms with Crippen molar-refractivity contribution in [2.45, 2.75) is 12.8 Å². The van der Waals surface area contributed by atoms with Crippen molar-refractivity contribution in [1.82, 2.24) is 15.1 Å². The van der Waals surface area contributed by atoms with Gasteiger partial charge in [-0.25, -0.2) is 0 Å². The van der Waals surface area contributed by atoms with E-state index in [2.05, 4.69) is 10.2 Å². The first-order valence-corrected chi connectivity index (χ1v) is 9.18. The number of rotatable bonds is 5. The van der Waals surface area contributed by atoms with E-state index in [1.165, 1.54) is 12.8 Å².